The fourth-order valence-electron chi connectivity index (χ4n) is 1.89. The molecule has 0 bridgehead atoms. The van der Waals surface area contributed by atoms with E-state index in [-0.39, 0.29) is 5.56 Å². The van der Waals surface area contributed by atoms with Crippen molar-refractivity contribution in [1.29, 1.82) is 0 Å². The Morgan fingerprint density at radius 3 is 2.33 bits per heavy atom. The van der Waals surface area contributed by atoms with E-state index in [1.165, 1.54) is 6.07 Å². The van der Waals surface area contributed by atoms with Crippen LogP contribution in [0.5, 0.6) is 0 Å². The fourth-order valence-corrected chi connectivity index (χ4v) is 2.68. The third kappa shape index (κ3) is 3.56. The molecule has 2 rings (SSSR count). The quantitative estimate of drug-likeness (QED) is 0.700. The molecule has 1 atom stereocenters. The van der Waals surface area contributed by atoms with Crippen LogP contribution in [0.3, 0.4) is 0 Å². The molecule has 0 aromatic heterocycles. The molecule has 0 radical (unpaired) electrons. The minimum Gasteiger partial charge on any atom is -0.320 e. The summed E-state index contributed by atoms with van der Waals surface area (Å²) in [5.41, 5.74) is 5.19. The molecule has 0 saturated carbocycles. The molecule has 112 valence electrons. The van der Waals surface area contributed by atoms with Gasteiger partial charge in [0.15, 0.2) is 0 Å². The van der Waals surface area contributed by atoms with Gasteiger partial charge in [-0.25, -0.2) is 4.39 Å². The van der Waals surface area contributed by atoms with Gasteiger partial charge in [0, 0.05) is 9.50 Å². The van der Waals surface area contributed by atoms with Crippen LogP contribution in [0.4, 0.5) is 17.6 Å². The Kier molecular flexibility index (Phi) is 4.60. The lowest BCUT2D eigenvalue weighted by Crippen LogP contribution is -2.15. The van der Waals surface area contributed by atoms with E-state index in [1.807, 2.05) is 0 Å². The zero-order valence-corrected chi connectivity index (χ0v) is 12.7. The molecule has 0 aliphatic rings. The highest BCUT2D eigenvalue weighted by molar-refractivity contribution is 9.10. The van der Waals surface area contributed by atoms with Crippen LogP contribution >= 0.6 is 27.5 Å². The predicted molar refractivity (Wildman–Crippen MR) is 76.6 cm³/mol. The van der Waals surface area contributed by atoms with Crippen molar-refractivity contribution in [1.82, 2.24) is 0 Å². The lowest BCUT2D eigenvalue weighted by Gasteiger charge is -2.17. The second kappa shape index (κ2) is 5.94. The summed E-state index contributed by atoms with van der Waals surface area (Å²) in [6.45, 7) is 0. The van der Waals surface area contributed by atoms with Gasteiger partial charge in [0.05, 0.1) is 11.6 Å². The number of benzene rings is 2. The molecule has 2 N–H and O–H groups in total. The Hall–Kier alpha value is -1.11. The lowest BCUT2D eigenvalue weighted by atomic mass is 9.97. The smallest absolute Gasteiger partial charge is 0.320 e. The first-order chi connectivity index (χ1) is 9.70. The summed E-state index contributed by atoms with van der Waals surface area (Å²) in [7, 11) is 0. The van der Waals surface area contributed by atoms with Crippen molar-refractivity contribution in [3.63, 3.8) is 0 Å². The molecular weight excluding hydrogens is 374 g/mol. The fraction of sp³-hybridized carbons (Fsp3) is 0.143. The molecule has 0 fully saturated rings. The van der Waals surface area contributed by atoms with E-state index in [9.17, 15) is 17.6 Å². The van der Waals surface area contributed by atoms with Crippen LogP contribution in [0.1, 0.15) is 22.7 Å². The maximum absolute atomic E-state index is 13.3. The van der Waals surface area contributed by atoms with E-state index < -0.39 is 23.6 Å². The van der Waals surface area contributed by atoms with Crippen molar-refractivity contribution in [3.8, 4) is 0 Å². The minimum absolute atomic E-state index is 0.132. The maximum atomic E-state index is 13.3. The van der Waals surface area contributed by atoms with Crippen LogP contribution in [0.25, 0.3) is 0 Å². The molecule has 1 unspecified atom stereocenters. The van der Waals surface area contributed by atoms with Gasteiger partial charge in [-0.1, -0.05) is 39.7 Å². The van der Waals surface area contributed by atoms with Gasteiger partial charge in [0.25, 0.3) is 0 Å². The first-order valence-electron chi connectivity index (χ1n) is 5.77. The van der Waals surface area contributed by atoms with Crippen LogP contribution in [-0.2, 0) is 6.18 Å². The van der Waals surface area contributed by atoms with E-state index in [2.05, 4.69) is 15.9 Å². The summed E-state index contributed by atoms with van der Waals surface area (Å²) in [5, 5.41) is 0.315. The first kappa shape index (κ1) is 16.3. The van der Waals surface area contributed by atoms with Gasteiger partial charge in [-0.15, -0.1) is 0 Å². The number of nitrogens with two attached hydrogens (primary N) is 1. The van der Waals surface area contributed by atoms with Gasteiger partial charge in [0.2, 0.25) is 0 Å². The van der Waals surface area contributed by atoms with E-state index >= 15 is 0 Å². The van der Waals surface area contributed by atoms with Crippen LogP contribution in [-0.4, -0.2) is 0 Å². The van der Waals surface area contributed by atoms with Crippen LogP contribution in [0.15, 0.2) is 40.9 Å². The van der Waals surface area contributed by atoms with Gasteiger partial charge in [-0.2, -0.15) is 13.2 Å². The molecule has 0 heterocycles. The van der Waals surface area contributed by atoms with E-state index in [1.54, 1.807) is 18.2 Å². The van der Waals surface area contributed by atoms with Crippen molar-refractivity contribution in [3.05, 3.63) is 68.4 Å². The van der Waals surface area contributed by atoms with Gasteiger partial charge < -0.3 is 5.73 Å². The van der Waals surface area contributed by atoms with Gasteiger partial charge in [-0.3, -0.25) is 0 Å². The van der Waals surface area contributed by atoms with Crippen LogP contribution in [0.2, 0.25) is 5.02 Å². The first-order valence-corrected chi connectivity index (χ1v) is 6.94. The Morgan fingerprint density at radius 2 is 1.76 bits per heavy atom. The molecule has 0 saturated heterocycles. The zero-order valence-electron chi connectivity index (χ0n) is 10.4. The third-order valence-electron chi connectivity index (χ3n) is 2.95. The highest BCUT2D eigenvalue weighted by Crippen LogP contribution is 2.35. The Balaban J connectivity index is 2.46. The highest BCUT2D eigenvalue weighted by atomic mass is 79.9. The average molecular weight is 383 g/mol. The van der Waals surface area contributed by atoms with E-state index in [0.717, 1.165) is 10.5 Å². The number of rotatable bonds is 2. The molecule has 21 heavy (non-hydrogen) atoms. The number of hydrogen-bond donors (Lipinski definition) is 1. The van der Waals surface area contributed by atoms with Crippen molar-refractivity contribution < 1.29 is 17.6 Å². The third-order valence-corrected chi connectivity index (χ3v) is 3.77. The van der Waals surface area contributed by atoms with Crippen molar-refractivity contribution in [2.24, 2.45) is 5.73 Å². The summed E-state index contributed by atoms with van der Waals surface area (Å²) in [4.78, 5) is 0. The second-order valence-electron chi connectivity index (χ2n) is 4.38. The minimum atomic E-state index is -4.77. The van der Waals surface area contributed by atoms with E-state index in [0.29, 0.717) is 16.7 Å². The molecule has 0 aliphatic heterocycles. The lowest BCUT2D eigenvalue weighted by molar-refractivity contribution is -0.140. The standard InChI is InChI=1S/C14H9BrClF4N/c15-8-2-3-9(11(16)6-8)13(21)7-1-4-12(17)10(5-7)14(18,19)20/h1-6,13H,21H2. The normalized spacial score (nSPS) is 13.3. The average Bonchev–Trinajstić information content (AvgIpc) is 2.37. The molecule has 7 heteroatoms. The van der Waals surface area contributed by atoms with Crippen molar-refractivity contribution in [2.45, 2.75) is 12.2 Å². The van der Waals surface area contributed by atoms with Crippen LogP contribution in [0, 0.1) is 5.82 Å². The maximum Gasteiger partial charge on any atom is 0.419 e. The molecule has 0 aliphatic carbocycles. The summed E-state index contributed by atoms with van der Waals surface area (Å²) in [6.07, 6.45) is -4.77. The Labute approximate surface area is 131 Å². The van der Waals surface area contributed by atoms with Crippen molar-refractivity contribution in [2.75, 3.05) is 0 Å². The second-order valence-corrected chi connectivity index (χ2v) is 5.70. The number of alkyl halides is 3. The van der Waals surface area contributed by atoms with Gasteiger partial charge >= 0.3 is 6.18 Å². The topological polar surface area (TPSA) is 26.0 Å². The highest BCUT2D eigenvalue weighted by Gasteiger charge is 2.34. The largest absolute Gasteiger partial charge is 0.419 e. The number of hydrogen-bond acceptors (Lipinski definition) is 1. The summed E-state index contributed by atoms with van der Waals surface area (Å²) in [5.74, 6) is -1.33. The van der Waals surface area contributed by atoms with Gasteiger partial charge in [0.1, 0.15) is 5.82 Å². The summed E-state index contributed by atoms with van der Waals surface area (Å²) >= 11 is 9.25. The summed E-state index contributed by atoms with van der Waals surface area (Å²) < 4.78 is 52.1. The predicted octanol–water partition coefficient (Wildman–Crippen LogP) is 5.31. The van der Waals surface area contributed by atoms with Crippen LogP contribution < -0.4 is 5.73 Å². The molecule has 2 aromatic carbocycles. The molecule has 1 nitrogen and oxygen atoms in total. The summed E-state index contributed by atoms with van der Waals surface area (Å²) in [6, 6.07) is 6.66. The Bertz CT molecular complexity index is 673. The SMILES string of the molecule is NC(c1ccc(F)c(C(F)(F)F)c1)c1ccc(Br)cc1Cl. The molecule has 0 spiro atoms. The monoisotopic (exact) mass is 381 g/mol. The van der Waals surface area contributed by atoms with E-state index in [4.69, 9.17) is 17.3 Å². The molecule has 0 amide bonds. The molecular formula is C14H9BrClF4N. The van der Waals surface area contributed by atoms with Crippen molar-refractivity contribution >= 4 is 27.5 Å². The molecule has 2 aromatic rings. The Morgan fingerprint density at radius 1 is 1.10 bits per heavy atom. The van der Waals surface area contributed by atoms with Gasteiger partial charge in [-0.05, 0) is 35.4 Å². The zero-order chi connectivity index (χ0) is 15.8. The number of halogens is 6.